The second-order valence-electron chi connectivity index (χ2n) is 5.24. The quantitative estimate of drug-likeness (QED) is 0.887. The average molecular weight is 330 g/mol. The summed E-state index contributed by atoms with van der Waals surface area (Å²) in [7, 11) is 0. The number of carbonyl (C=O) groups excluding carboxylic acids is 2. The summed E-state index contributed by atoms with van der Waals surface area (Å²) in [6.07, 6.45) is 2.01. The van der Waals surface area contributed by atoms with Crippen LogP contribution < -0.4 is 5.32 Å². The van der Waals surface area contributed by atoms with E-state index in [1.807, 2.05) is 27.3 Å². The summed E-state index contributed by atoms with van der Waals surface area (Å²) >= 11 is 1.47. The van der Waals surface area contributed by atoms with E-state index in [9.17, 15) is 9.59 Å². The molecule has 2 aliphatic rings. The Balaban J connectivity index is 0.00000161. The van der Waals surface area contributed by atoms with Gasteiger partial charge in [-0.25, -0.2) is 0 Å². The summed E-state index contributed by atoms with van der Waals surface area (Å²) in [6.45, 7) is 3.50. The van der Waals surface area contributed by atoms with E-state index in [0.29, 0.717) is 26.2 Å². The van der Waals surface area contributed by atoms with E-state index < -0.39 is 0 Å². The summed E-state index contributed by atoms with van der Waals surface area (Å²) in [5.41, 5.74) is 0. The molecule has 0 aromatic carbocycles. The fraction of sp³-hybridized carbons (Fsp3) is 0.571. The van der Waals surface area contributed by atoms with E-state index in [1.54, 1.807) is 0 Å². The number of amides is 2. The van der Waals surface area contributed by atoms with Crippen LogP contribution in [0.15, 0.2) is 17.5 Å². The first kappa shape index (κ1) is 16.3. The predicted octanol–water partition coefficient (Wildman–Crippen LogP) is 1.21. The van der Waals surface area contributed by atoms with Crippen molar-refractivity contribution in [2.45, 2.75) is 18.9 Å². The smallest absolute Gasteiger partial charge is 0.264 e. The first-order valence-corrected chi connectivity index (χ1v) is 7.98. The molecule has 0 radical (unpaired) electrons. The number of piperazine rings is 1. The van der Waals surface area contributed by atoms with Crippen LogP contribution in [0.3, 0.4) is 0 Å². The van der Waals surface area contributed by atoms with Gasteiger partial charge in [0.15, 0.2) is 0 Å². The maximum absolute atomic E-state index is 12.3. The van der Waals surface area contributed by atoms with E-state index in [2.05, 4.69) is 5.32 Å². The van der Waals surface area contributed by atoms with E-state index in [4.69, 9.17) is 0 Å². The van der Waals surface area contributed by atoms with Gasteiger partial charge in [0.1, 0.15) is 0 Å². The molecule has 0 bridgehead atoms. The van der Waals surface area contributed by atoms with E-state index in [0.717, 1.165) is 24.3 Å². The van der Waals surface area contributed by atoms with Gasteiger partial charge in [-0.1, -0.05) is 6.07 Å². The molecule has 1 atom stereocenters. The fourth-order valence-corrected chi connectivity index (χ4v) is 3.49. The molecule has 2 amide bonds. The third kappa shape index (κ3) is 3.56. The zero-order valence-electron chi connectivity index (χ0n) is 11.8. The molecule has 7 heteroatoms. The van der Waals surface area contributed by atoms with E-state index >= 15 is 0 Å². The van der Waals surface area contributed by atoms with Crippen molar-refractivity contribution in [2.75, 3.05) is 32.7 Å². The average Bonchev–Trinajstić information content (AvgIpc) is 3.18. The summed E-state index contributed by atoms with van der Waals surface area (Å²) in [5.74, 6) is 0.289. The Labute approximate surface area is 134 Å². The second-order valence-corrected chi connectivity index (χ2v) is 6.19. The minimum Gasteiger partial charge on any atom is -0.338 e. The lowest BCUT2D eigenvalue weighted by Gasteiger charge is -2.35. The Morgan fingerprint density at radius 1 is 1.19 bits per heavy atom. The molecule has 2 fully saturated rings. The normalized spacial score (nSPS) is 22.0. The summed E-state index contributed by atoms with van der Waals surface area (Å²) in [4.78, 5) is 29.0. The molecule has 3 heterocycles. The minimum atomic E-state index is -0.00505. The van der Waals surface area contributed by atoms with Gasteiger partial charge in [-0.15, -0.1) is 23.7 Å². The van der Waals surface area contributed by atoms with Gasteiger partial charge < -0.3 is 15.1 Å². The van der Waals surface area contributed by atoms with Crippen molar-refractivity contribution in [3.63, 3.8) is 0 Å². The minimum absolute atomic E-state index is 0. The lowest BCUT2D eigenvalue weighted by atomic mass is 10.2. The molecule has 0 saturated carbocycles. The van der Waals surface area contributed by atoms with E-state index in [-0.39, 0.29) is 30.3 Å². The van der Waals surface area contributed by atoms with Crippen LogP contribution in [0.4, 0.5) is 0 Å². The molecule has 2 aliphatic heterocycles. The Bertz CT molecular complexity index is 480. The molecule has 0 unspecified atom stereocenters. The number of carbonyl (C=O) groups is 2. The number of nitrogens with zero attached hydrogens (tertiary/aromatic N) is 2. The largest absolute Gasteiger partial charge is 0.338 e. The van der Waals surface area contributed by atoms with Gasteiger partial charge >= 0.3 is 0 Å². The third-order valence-electron chi connectivity index (χ3n) is 3.97. The molecule has 1 N–H and O–H groups in total. The van der Waals surface area contributed by atoms with Gasteiger partial charge in [0.05, 0.1) is 10.9 Å². The van der Waals surface area contributed by atoms with Crippen LogP contribution in [0.5, 0.6) is 0 Å². The fourth-order valence-electron chi connectivity index (χ4n) is 2.80. The van der Waals surface area contributed by atoms with Gasteiger partial charge in [-0.05, 0) is 30.8 Å². The molecule has 1 aromatic heterocycles. The lowest BCUT2D eigenvalue weighted by molar-refractivity contribution is -0.134. The maximum atomic E-state index is 12.3. The Kier molecular flexibility index (Phi) is 5.61. The highest BCUT2D eigenvalue weighted by Crippen LogP contribution is 2.15. The highest BCUT2D eigenvalue weighted by Gasteiger charge is 2.30. The molecule has 3 rings (SSSR count). The monoisotopic (exact) mass is 329 g/mol. The number of hydrogen-bond acceptors (Lipinski definition) is 4. The first-order chi connectivity index (χ1) is 9.75. The van der Waals surface area contributed by atoms with Gasteiger partial charge in [0.25, 0.3) is 5.91 Å². The van der Waals surface area contributed by atoms with Gasteiger partial charge in [-0.3, -0.25) is 9.59 Å². The van der Waals surface area contributed by atoms with Crippen molar-refractivity contribution in [1.82, 2.24) is 15.1 Å². The van der Waals surface area contributed by atoms with Crippen LogP contribution in [-0.4, -0.2) is 60.4 Å². The van der Waals surface area contributed by atoms with Gasteiger partial charge in [-0.2, -0.15) is 0 Å². The second kappa shape index (κ2) is 7.24. The van der Waals surface area contributed by atoms with Crippen LogP contribution in [-0.2, 0) is 4.79 Å². The summed E-state index contributed by atoms with van der Waals surface area (Å²) in [6, 6.07) is 3.74. The van der Waals surface area contributed by atoms with E-state index in [1.165, 1.54) is 11.3 Å². The maximum Gasteiger partial charge on any atom is 0.264 e. The number of halogens is 1. The topological polar surface area (TPSA) is 52.7 Å². The van der Waals surface area contributed by atoms with Crippen LogP contribution >= 0.6 is 23.7 Å². The Hall–Kier alpha value is -1.11. The Morgan fingerprint density at radius 3 is 2.48 bits per heavy atom. The highest BCUT2D eigenvalue weighted by molar-refractivity contribution is 7.12. The SMILES string of the molecule is Cl.O=C(c1cccs1)N1CCN(C(=O)[C@@H]2CCCN2)CC1. The molecule has 2 saturated heterocycles. The molecule has 5 nitrogen and oxygen atoms in total. The molecule has 0 spiro atoms. The predicted molar refractivity (Wildman–Crippen MR) is 85.1 cm³/mol. The van der Waals surface area contributed by atoms with Crippen molar-refractivity contribution in [2.24, 2.45) is 0 Å². The first-order valence-electron chi connectivity index (χ1n) is 7.10. The number of thiophene rings is 1. The molecule has 0 aliphatic carbocycles. The molecule has 1 aromatic rings. The molecule has 21 heavy (non-hydrogen) atoms. The summed E-state index contributed by atoms with van der Waals surface area (Å²) in [5, 5.41) is 5.16. The van der Waals surface area contributed by atoms with Gasteiger partial charge in [0, 0.05) is 26.2 Å². The zero-order valence-corrected chi connectivity index (χ0v) is 13.4. The van der Waals surface area contributed by atoms with Gasteiger partial charge in [0.2, 0.25) is 5.91 Å². The van der Waals surface area contributed by atoms with Crippen molar-refractivity contribution < 1.29 is 9.59 Å². The van der Waals surface area contributed by atoms with Crippen LogP contribution in [0, 0.1) is 0 Å². The van der Waals surface area contributed by atoms with Crippen molar-refractivity contribution in [3.8, 4) is 0 Å². The van der Waals surface area contributed by atoms with Crippen LogP contribution in [0.2, 0.25) is 0 Å². The standard InChI is InChI=1S/C14H19N3O2S.ClH/c18-13(11-3-1-5-15-11)16-6-8-17(9-7-16)14(19)12-4-2-10-20-12;/h2,4,10-11,15H,1,3,5-9H2;1H/t11-;/m0./s1. The highest BCUT2D eigenvalue weighted by atomic mass is 35.5. The molecular formula is C14H20ClN3O2S. The van der Waals surface area contributed by atoms with Crippen LogP contribution in [0.1, 0.15) is 22.5 Å². The van der Waals surface area contributed by atoms with Crippen LogP contribution in [0.25, 0.3) is 0 Å². The van der Waals surface area contributed by atoms with Crippen molar-refractivity contribution >= 4 is 35.6 Å². The molecule has 116 valence electrons. The number of rotatable bonds is 2. The Morgan fingerprint density at radius 2 is 1.90 bits per heavy atom. The number of nitrogens with one attached hydrogen (secondary N) is 1. The zero-order chi connectivity index (χ0) is 13.9. The summed E-state index contributed by atoms with van der Waals surface area (Å²) < 4.78 is 0. The number of hydrogen-bond donors (Lipinski definition) is 1. The molecular weight excluding hydrogens is 310 g/mol. The third-order valence-corrected chi connectivity index (χ3v) is 4.83. The lowest BCUT2D eigenvalue weighted by Crippen LogP contribution is -2.54. The van der Waals surface area contributed by atoms with Crippen molar-refractivity contribution in [1.29, 1.82) is 0 Å². The van der Waals surface area contributed by atoms with Crippen molar-refractivity contribution in [3.05, 3.63) is 22.4 Å².